The van der Waals surface area contributed by atoms with Gasteiger partial charge in [0, 0.05) is 23.3 Å². The predicted octanol–water partition coefficient (Wildman–Crippen LogP) is 4.79. The van der Waals surface area contributed by atoms with Crippen molar-refractivity contribution in [3.05, 3.63) is 62.9 Å². The first-order valence-corrected chi connectivity index (χ1v) is 9.94. The van der Waals surface area contributed by atoms with Gasteiger partial charge in [0.15, 0.2) is 0 Å². The summed E-state index contributed by atoms with van der Waals surface area (Å²) < 4.78 is 0. The Morgan fingerprint density at radius 3 is 2.41 bits per heavy atom. The van der Waals surface area contributed by atoms with Gasteiger partial charge in [-0.2, -0.15) is 0 Å². The highest BCUT2D eigenvalue weighted by Crippen LogP contribution is 2.36. The topological polar surface area (TPSA) is 66.8 Å². The van der Waals surface area contributed by atoms with E-state index in [2.05, 4.69) is 6.92 Å². The SMILES string of the molecule is CCC(=C1CCN(OC(=O)c2ccccc2)CC1)c1scc(C(=O)O)c1C. The van der Waals surface area contributed by atoms with Gasteiger partial charge in [0.2, 0.25) is 0 Å². The molecular formula is C21H23NO4S. The number of carbonyl (C=O) groups is 2. The van der Waals surface area contributed by atoms with Crippen LogP contribution in [0.2, 0.25) is 0 Å². The van der Waals surface area contributed by atoms with Crippen molar-refractivity contribution in [3.8, 4) is 0 Å². The van der Waals surface area contributed by atoms with Crippen molar-refractivity contribution in [2.75, 3.05) is 13.1 Å². The Balaban J connectivity index is 1.69. The minimum Gasteiger partial charge on any atom is -0.478 e. The van der Waals surface area contributed by atoms with Crippen LogP contribution in [0.15, 0.2) is 41.3 Å². The van der Waals surface area contributed by atoms with E-state index in [1.54, 1.807) is 22.6 Å². The fourth-order valence-corrected chi connectivity index (χ4v) is 4.62. The second kappa shape index (κ2) is 8.50. The molecule has 0 bridgehead atoms. The molecule has 1 fully saturated rings. The molecule has 142 valence electrons. The van der Waals surface area contributed by atoms with Crippen LogP contribution in [0.5, 0.6) is 0 Å². The number of carboxylic acids is 1. The third-order valence-corrected chi connectivity index (χ3v) is 6.01. The molecule has 27 heavy (non-hydrogen) atoms. The zero-order chi connectivity index (χ0) is 19.4. The molecule has 0 aliphatic carbocycles. The molecule has 0 amide bonds. The van der Waals surface area contributed by atoms with Gasteiger partial charge in [-0.3, -0.25) is 0 Å². The quantitative estimate of drug-likeness (QED) is 0.802. The number of carboxylic acid groups (broad SMARTS) is 1. The molecule has 1 aromatic carbocycles. The third-order valence-electron chi connectivity index (χ3n) is 4.87. The molecule has 0 unspecified atom stereocenters. The lowest BCUT2D eigenvalue weighted by molar-refractivity contribution is -0.114. The van der Waals surface area contributed by atoms with Crippen LogP contribution in [0.3, 0.4) is 0 Å². The summed E-state index contributed by atoms with van der Waals surface area (Å²) >= 11 is 1.50. The molecule has 1 aliphatic rings. The number of thiophene rings is 1. The Morgan fingerprint density at radius 1 is 1.19 bits per heavy atom. The molecule has 0 spiro atoms. The Labute approximate surface area is 162 Å². The number of hydroxylamine groups is 2. The molecule has 3 rings (SSSR count). The number of carbonyl (C=O) groups excluding carboxylic acids is 1. The van der Waals surface area contributed by atoms with E-state index in [1.165, 1.54) is 22.5 Å². The number of hydrogen-bond acceptors (Lipinski definition) is 5. The number of benzene rings is 1. The van der Waals surface area contributed by atoms with E-state index >= 15 is 0 Å². The molecular weight excluding hydrogens is 362 g/mol. The monoisotopic (exact) mass is 385 g/mol. The summed E-state index contributed by atoms with van der Waals surface area (Å²) in [5.41, 5.74) is 4.33. The Hall–Kier alpha value is -2.44. The Bertz CT molecular complexity index is 860. The van der Waals surface area contributed by atoms with Crippen molar-refractivity contribution < 1.29 is 19.5 Å². The first-order valence-electron chi connectivity index (χ1n) is 9.06. The second-order valence-corrected chi connectivity index (χ2v) is 7.40. The maximum absolute atomic E-state index is 12.2. The summed E-state index contributed by atoms with van der Waals surface area (Å²) in [7, 11) is 0. The zero-order valence-corrected chi connectivity index (χ0v) is 16.3. The van der Waals surface area contributed by atoms with Gasteiger partial charge in [-0.15, -0.1) is 16.4 Å². The molecule has 1 saturated heterocycles. The molecule has 2 heterocycles. The van der Waals surface area contributed by atoms with Gasteiger partial charge in [0.05, 0.1) is 11.1 Å². The van der Waals surface area contributed by atoms with Gasteiger partial charge in [0.25, 0.3) is 0 Å². The normalized spacial score (nSPS) is 14.8. The molecule has 5 nitrogen and oxygen atoms in total. The van der Waals surface area contributed by atoms with E-state index < -0.39 is 5.97 Å². The average Bonchev–Trinajstić information content (AvgIpc) is 3.06. The average molecular weight is 385 g/mol. The van der Waals surface area contributed by atoms with Crippen LogP contribution in [-0.2, 0) is 4.84 Å². The summed E-state index contributed by atoms with van der Waals surface area (Å²) in [4.78, 5) is 30.1. The standard InChI is InChI=1S/C21H23NO4S/c1-3-17(19-14(2)18(13-27-19)20(23)24)15-9-11-22(12-10-15)26-21(25)16-7-5-4-6-8-16/h4-8,13H,3,9-12H2,1-2H3,(H,23,24). The minimum absolute atomic E-state index is 0.334. The summed E-state index contributed by atoms with van der Waals surface area (Å²) in [6.45, 7) is 5.27. The van der Waals surface area contributed by atoms with E-state index in [0.717, 1.165) is 29.7 Å². The van der Waals surface area contributed by atoms with Crippen LogP contribution in [0.4, 0.5) is 0 Å². The van der Waals surface area contributed by atoms with Crippen LogP contribution in [0.1, 0.15) is 57.3 Å². The summed E-state index contributed by atoms with van der Waals surface area (Å²) in [6, 6.07) is 8.98. The highest BCUT2D eigenvalue weighted by Gasteiger charge is 2.23. The van der Waals surface area contributed by atoms with Crippen LogP contribution in [0, 0.1) is 6.92 Å². The third kappa shape index (κ3) is 4.28. The van der Waals surface area contributed by atoms with Crippen molar-refractivity contribution in [2.24, 2.45) is 0 Å². The van der Waals surface area contributed by atoms with Gasteiger partial charge >= 0.3 is 11.9 Å². The number of nitrogens with zero attached hydrogens (tertiary/aromatic N) is 1. The molecule has 0 radical (unpaired) electrons. The minimum atomic E-state index is -0.877. The Morgan fingerprint density at radius 2 is 1.85 bits per heavy atom. The zero-order valence-electron chi connectivity index (χ0n) is 15.5. The summed E-state index contributed by atoms with van der Waals surface area (Å²) in [5, 5.41) is 12.7. The van der Waals surface area contributed by atoms with E-state index in [-0.39, 0.29) is 5.97 Å². The molecule has 1 aromatic heterocycles. The first kappa shape index (κ1) is 19.3. The number of piperidine rings is 1. The molecule has 1 N–H and O–H groups in total. The van der Waals surface area contributed by atoms with Crippen LogP contribution >= 0.6 is 11.3 Å². The number of aromatic carboxylic acids is 1. The molecule has 0 atom stereocenters. The molecule has 1 aliphatic heterocycles. The van der Waals surface area contributed by atoms with Crippen LogP contribution < -0.4 is 0 Å². The highest BCUT2D eigenvalue weighted by molar-refractivity contribution is 7.11. The van der Waals surface area contributed by atoms with Gasteiger partial charge in [-0.25, -0.2) is 9.59 Å². The smallest absolute Gasteiger partial charge is 0.357 e. The van der Waals surface area contributed by atoms with Crippen molar-refractivity contribution in [2.45, 2.75) is 33.1 Å². The van der Waals surface area contributed by atoms with Crippen LogP contribution in [-0.4, -0.2) is 35.2 Å². The predicted molar refractivity (Wildman–Crippen MR) is 106 cm³/mol. The van der Waals surface area contributed by atoms with Gasteiger partial charge in [0.1, 0.15) is 0 Å². The maximum Gasteiger partial charge on any atom is 0.357 e. The van der Waals surface area contributed by atoms with E-state index in [0.29, 0.717) is 24.2 Å². The first-order chi connectivity index (χ1) is 13.0. The largest absolute Gasteiger partial charge is 0.478 e. The van der Waals surface area contributed by atoms with Crippen molar-refractivity contribution in [3.63, 3.8) is 0 Å². The lowest BCUT2D eigenvalue weighted by Gasteiger charge is -2.28. The van der Waals surface area contributed by atoms with Crippen LogP contribution in [0.25, 0.3) is 5.57 Å². The molecule has 2 aromatic rings. The van der Waals surface area contributed by atoms with Crippen molar-refractivity contribution in [1.82, 2.24) is 5.06 Å². The molecule has 6 heteroatoms. The van der Waals surface area contributed by atoms with E-state index in [9.17, 15) is 14.7 Å². The lowest BCUT2D eigenvalue weighted by atomic mass is 9.94. The fourth-order valence-electron chi connectivity index (χ4n) is 3.39. The van der Waals surface area contributed by atoms with Gasteiger partial charge in [-0.1, -0.05) is 30.7 Å². The van der Waals surface area contributed by atoms with E-state index in [4.69, 9.17) is 4.84 Å². The van der Waals surface area contributed by atoms with Crippen molar-refractivity contribution in [1.29, 1.82) is 0 Å². The lowest BCUT2D eigenvalue weighted by Crippen LogP contribution is -2.33. The summed E-state index contributed by atoms with van der Waals surface area (Å²) in [6.07, 6.45) is 2.48. The number of rotatable bonds is 5. The second-order valence-electron chi connectivity index (χ2n) is 6.52. The maximum atomic E-state index is 12.2. The number of hydrogen-bond donors (Lipinski definition) is 1. The highest BCUT2D eigenvalue weighted by atomic mass is 32.1. The van der Waals surface area contributed by atoms with Gasteiger partial charge in [-0.05, 0) is 49.5 Å². The summed E-state index contributed by atoms with van der Waals surface area (Å²) in [5.74, 6) is -1.21. The molecule has 0 saturated carbocycles. The van der Waals surface area contributed by atoms with Gasteiger partial charge < -0.3 is 9.94 Å². The fraction of sp³-hybridized carbons (Fsp3) is 0.333. The van der Waals surface area contributed by atoms with E-state index in [1.807, 2.05) is 25.1 Å². The Kier molecular flexibility index (Phi) is 6.08. The van der Waals surface area contributed by atoms with Crippen molar-refractivity contribution >= 4 is 28.8 Å². The number of allylic oxidation sites excluding steroid dienone is 1.